The molecule has 74 valence electrons. The summed E-state index contributed by atoms with van der Waals surface area (Å²) < 4.78 is 4.85. The second kappa shape index (κ2) is 4.22. The summed E-state index contributed by atoms with van der Waals surface area (Å²) in [6, 6.07) is 4.34. The zero-order valence-corrected chi connectivity index (χ0v) is 7.38. The van der Waals surface area contributed by atoms with Gasteiger partial charge in [-0.1, -0.05) is 11.2 Å². The quantitative estimate of drug-likeness (QED) is 0.343. The van der Waals surface area contributed by atoms with Crippen molar-refractivity contribution in [3.63, 3.8) is 0 Å². The lowest BCUT2D eigenvalue weighted by Crippen LogP contribution is -1.97. The first-order valence-corrected chi connectivity index (χ1v) is 3.69. The molecule has 1 aromatic rings. The van der Waals surface area contributed by atoms with Crippen molar-refractivity contribution in [3.05, 3.63) is 33.9 Å². The van der Waals surface area contributed by atoms with Crippen LogP contribution in [0.4, 0.5) is 5.69 Å². The standard InChI is InChI=1S/C8H8N2O4/c1-14-8-6(5-9-11)3-2-4-7(8)10(12)13/h2-5,11H,1H3. The van der Waals surface area contributed by atoms with E-state index in [1.54, 1.807) is 6.07 Å². The molecule has 1 rings (SSSR count). The number of hydrogen-bond acceptors (Lipinski definition) is 5. The monoisotopic (exact) mass is 196 g/mol. The van der Waals surface area contributed by atoms with Crippen molar-refractivity contribution in [1.82, 2.24) is 0 Å². The number of hydrogen-bond donors (Lipinski definition) is 1. The Hall–Kier alpha value is -2.11. The van der Waals surface area contributed by atoms with Crippen molar-refractivity contribution in [2.24, 2.45) is 5.16 Å². The Labute approximate surface area is 79.6 Å². The van der Waals surface area contributed by atoms with Crippen LogP contribution in [0.3, 0.4) is 0 Å². The number of para-hydroxylation sites is 1. The normalized spacial score (nSPS) is 10.4. The first kappa shape index (κ1) is 9.97. The van der Waals surface area contributed by atoms with Crippen molar-refractivity contribution < 1.29 is 14.9 Å². The van der Waals surface area contributed by atoms with Gasteiger partial charge in [-0.2, -0.15) is 0 Å². The molecule has 0 spiro atoms. The number of nitro benzene ring substituents is 1. The summed E-state index contributed by atoms with van der Waals surface area (Å²) in [6.07, 6.45) is 1.08. The topological polar surface area (TPSA) is 85.0 Å². The van der Waals surface area contributed by atoms with E-state index in [-0.39, 0.29) is 11.4 Å². The van der Waals surface area contributed by atoms with Crippen LogP contribution in [0, 0.1) is 10.1 Å². The lowest BCUT2D eigenvalue weighted by atomic mass is 10.2. The Kier molecular flexibility index (Phi) is 3.01. The SMILES string of the molecule is COc1c(C=NO)cccc1[N+](=O)[O-]. The van der Waals surface area contributed by atoms with Gasteiger partial charge >= 0.3 is 5.69 Å². The van der Waals surface area contributed by atoms with Gasteiger partial charge in [0.1, 0.15) is 0 Å². The molecule has 1 N–H and O–H groups in total. The van der Waals surface area contributed by atoms with Gasteiger partial charge in [0.2, 0.25) is 5.75 Å². The van der Waals surface area contributed by atoms with E-state index in [1.165, 1.54) is 19.2 Å². The van der Waals surface area contributed by atoms with Crippen molar-refractivity contribution in [2.75, 3.05) is 7.11 Å². The van der Waals surface area contributed by atoms with E-state index in [9.17, 15) is 10.1 Å². The van der Waals surface area contributed by atoms with Crippen LogP contribution in [0.5, 0.6) is 5.75 Å². The van der Waals surface area contributed by atoms with E-state index in [0.717, 1.165) is 6.21 Å². The largest absolute Gasteiger partial charge is 0.490 e. The van der Waals surface area contributed by atoms with Gasteiger partial charge in [-0.15, -0.1) is 0 Å². The van der Waals surface area contributed by atoms with Crippen LogP contribution >= 0.6 is 0 Å². The van der Waals surface area contributed by atoms with Gasteiger partial charge in [-0.25, -0.2) is 0 Å². The minimum absolute atomic E-state index is 0.0790. The van der Waals surface area contributed by atoms with Crippen LogP contribution in [0.2, 0.25) is 0 Å². The third-order valence-corrected chi connectivity index (χ3v) is 1.62. The number of rotatable bonds is 3. The molecule has 0 fully saturated rings. The molecule has 0 heterocycles. The van der Waals surface area contributed by atoms with Gasteiger partial charge in [-0.3, -0.25) is 10.1 Å². The van der Waals surface area contributed by atoms with Crippen LogP contribution in [-0.4, -0.2) is 23.5 Å². The van der Waals surface area contributed by atoms with E-state index in [2.05, 4.69) is 5.16 Å². The summed E-state index contributed by atoms with van der Waals surface area (Å²) in [4.78, 5) is 9.99. The van der Waals surface area contributed by atoms with Crippen molar-refractivity contribution in [1.29, 1.82) is 0 Å². The summed E-state index contributed by atoms with van der Waals surface area (Å²) in [5.41, 5.74) is 0.189. The zero-order chi connectivity index (χ0) is 10.6. The van der Waals surface area contributed by atoms with Gasteiger partial charge < -0.3 is 9.94 Å². The maximum absolute atomic E-state index is 10.6. The molecule has 6 nitrogen and oxygen atoms in total. The highest BCUT2D eigenvalue weighted by Gasteiger charge is 2.16. The molecule has 0 aliphatic rings. The second-order valence-electron chi connectivity index (χ2n) is 2.40. The lowest BCUT2D eigenvalue weighted by molar-refractivity contribution is -0.385. The van der Waals surface area contributed by atoms with Crippen molar-refractivity contribution in [2.45, 2.75) is 0 Å². The van der Waals surface area contributed by atoms with Crippen LogP contribution in [0.15, 0.2) is 23.4 Å². The molecule has 0 radical (unpaired) electrons. The summed E-state index contributed by atoms with van der Waals surface area (Å²) >= 11 is 0. The second-order valence-corrected chi connectivity index (χ2v) is 2.40. The minimum atomic E-state index is -0.562. The van der Waals surface area contributed by atoms with E-state index in [0.29, 0.717) is 5.56 Å². The minimum Gasteiger partial charge on any atom is -0.490 e. The van der Waals surface area contributed by atoms with Crippen molar-refractivity contribution in [3.8, 4) is 5.75 Å². The summed E-state index contributed by atoms with van der Waals surface area (Å²) in [5, 5.41) is 21.7. The third kappa shape index (κ3) is 1.79. The lowest BCUT2D eigenvalue weighted by Gasteiger charge is -2.03. The smallest absolute Gasteiger partial charge is 0.311 e. The van der Waals surface area contributed by atoms with Crippen LogP contribution in [0.1, 0.15) is 5.56 Å². The maximum atomic E-state index is 10.6. The molecule has 0 atom stereocenters. The maximum Gasteiger partial charge on any atom is 0.311 e. The number of ether oxygens (including phenoxy) is 1. The first-order chi connectivity index (χ1) is 6.70. The van der Waals surface area contributed by atoms with E-state index in [1.807, 2.05) is 0 Å². The number of nitrogens with zero attached hydrogens (tertiary/aromatic N) is 2. The highest BCUT2D eigenvalue weighted by atomic mass is 16.6. The molecule has 0 bridgehead atoms. The molecule has 14 heavy (non-hydrogen) atoms. The highest BCUT2D eigenvalue weighted by Crippen LogP contribution is 2.29. The van der Waals surface area contributed by atoms with Crippen LogP contribution < -0.4 is 4.74 Å². The average Bonchev–Trinajstić information content (AvgIpc) is 2.18. The van der Waals surface area contributed by atoms with Crippen LogP contribution in [-0.2, 0) is 0 Å². The Balaban J connectivity index is 3.31. The Morgan fingerprint density at radius 2 is 2.36 bits per heavy atom. The van der Waals surface area contributed by atoms with E-state index < -0.39 is 4.92 Å². The van der Waals surface area contributed by atoms with E-state index in [4.69, 9.17) is 9.94 Å². The van der Waals surface area contributed by atoms with Gasteiger partial charge in [0.05, 0.1) is 18.2 Å². The summed E-state index contributed by atoms with van der Waals surface area (Å²) in [7, 11) is 1.32. The van der Waals surface area contributed by atoms with Crippen molar-refractivity contribution >= 4 is 11.9 Å². The predicted octanol–water partition coefficient (Wildman–Crippen LogP) is 1.41. The van der Waals surface area contributed by atoms with Gasteiger partial charge in [0.15, 0.2) is 0 Å². The fourth-order valence-electron chi connectivity index (χ4n) is 1.07. The molecular weight excluding hydrogens is 188 g/mol. The molecule has 0 aliphatic carbocycles. The fourth-order valence-corrected chi connectivity index (χ4v) is 1.07. The highest BCUT2D eigenvalue weighted by molar-refractivity contribution is 5.85. The first-order valence-electron chi connectivity index (χ1n) is 3.69. The molecule has 0 aromatic heterocycles. The Morgan fingerprint density at radius 3 is 2.86 bits per heavy atom. The number of methoxy groups -OCH3 is 1. The molecule has 0 saturated heterocycles. The fraction of sp³-hybridized carbons (Fsp3) is 0.125. The molecule has 0 saturated carbocycles. The third-order valence-electron chi connectivity index (χ3n) is 1.62. The molecule has 0 aliphatic heterocycles. The van der Waals surface area contributed by atoms with E-state index >= 15 is 0 Å². The number of nitro groups is 1. The van der Waals surface area contributed by atoms with Crippen LogP contribution in [0.25, 0.3) is 0 Å². The molecule has 1 aromatic carbocycles. The predicted molar refractivity (Wildman–Crippen MR) is 49.0 cm³/mol. The van der Waals surface area contributed by atoms with Gasteiger partial charge in [0.25, 0.3) is 0 Å². The van der Waals surface area contributed by atoms with Gasteiger partial charge in [0, 0.05) is 11.6 Å². The Morgan fingerprint density at radius 1 is 1.64 bits per heavy atom. The molecule has 0 unspecified atom stereocenters. The molecule has 0 amide bonds. The molecule has 6 heteroatoms. The van der Waals surface area contributed by atoms with Gasteiger partial charge in [-0.05, 0) is 6.07 Å². The number of oxime groups is 1. The Bertz CT molecular complexity index is 376. The summed E-state index contributed by atoms with van der Waals surface area (Å²) in [5.74, 6) is 0.0790. The number of benzene rings is 1. The average molecular weight is 196 g/mol. The molecular formula is C8H8N2O4. The summed E-state index contributed by atoms with van der Waals surface area (Å²) in [6.45, 7) is 0. The zero-order valence-electron chi connectivity index (χ0n) is 7.38.